The quantitative estimate of drug-likeness (QED) is 0.0208. The van der Waals surface area contributed by atoms with E-state index in [0.717, 1.165) is 51.4 Å². The first kappa shape index (κ1) is 49.7. The minimum absolute atomic E-state index is 0.0828. The van der Waals surface area contributed by atoms with Crippen LogP contribution >= 0.6 is 7.82 Å². The Hall–Kier alpha value is -2.29. The number of ether oxygens (including phenoxy) is 3. The number of phosphoric acid groups is 1. The topological polar surface area (TPSA) is 132 Å². The summed E-state index contributed by atoms with van der Waals surface area (Å²) in [4.78, 5) is 42.8. The Morgan fingerprint density at radius 3 is 1.56 bits per heavy atom. The lowest BCUT2D eigenvalue weighted by atomic mass is 10.0. The molecular formula is C44H75O9P. The van der Waals surface area contributed by atoms with Gasteiger partial charge in [0.2, 0.25) is 0 Å². The molecule has 2 unspecified atom stereocenters. The van der Waals surface area contributed by atoms with Gasteiger partial charge in [0, 0.05) is 12.8 Å². The number of carbonyl (C=O) groups is 2. The number of hydrogen-bond donors (Lipinski definition) is 2. The predicted octanol–water partition coefficient (Wildman–Crippen LogP) is 11.9. The van der Waals surface area contributed by atoms with Crippen LogP contribution in [0.2, 0.25) is 0 Å². The Morgan fingerprint density at radius 2 is 1.06 bits per heavy atom. The molecule has 3 atom stereocenters. The molecule has 1 saturated heterocycles. The van der Waals surface area contributed by atoms with Gasteiger partial charge in [0.1, 0.15) is 6.61 Å². The van der Waals surface area contributed by atoms with Gasteiger partial charge in [-0.05, 0) is 51.4 Å². The molecular weight excluding hydrogens is 703 g/mol. The van der Waals surface area contributed by atoms with Gasteiger partial charge < -0.3 is 24.0 Å². The van der Waals surface area contributed by atoms with Gasteiger partial charge in [-0.25, -0.2) is 4.57 Å². The Morgan fingerprint density at radius 1 is 0.593 bits per heavy atom. The van der Waals surface area contributed by atoms with Gasteiger partial charge in [0.25, 0.3) is 0 Å². The molecule has 0 spiro atoms. The third-order valence-electron chi connectivity index (χ3n) is 9.22. The largest absolute Gasteiger partial charge is 0.469 e. The second-order valence-corrected chi connectivity index (χ2v) is 15.6. The highest BCUT2D eigenvalue weighted by molar-refractivity contribution is 7.46. The average molecular weight is 779 g/mol. The number of unbranched alkanes of at least 4 members (excludes halogenated alkanes) is 15. The van der Waals surface area contributed by atoms with E-state index in [9.17, 15) is 14.2 Å². The second kappa shape index (κ2) is 35.1. The molecule has 310 valence electrons. The third-order valence-corrected chi connectivity index (χ3v) is 9.70. The van der Waals surface area contributed by atoms with Crippen molar-refractivity contribution in [2.24, 2.45) is 0 Å². The monoisotopic (exact) mass is 779 g/mol. The number of hydrogen-bond acceptors (Lipinski definition) is 7. The third kappa shape index (κ3) is 34.2. The number of epoxide rings is 1. The van der Waals surface area contributed by atoms with E-state index in [0.29, 0.717) is 25.0 Å². The summed E-state index contributed by atoms with van der Waals surface area (Å²) >= 11 is 0. The standard InChI is InChI=1S/C44H75O9P/c1-3-5-7-8-9-10-11-12-13-14-15-19-22-25-28-32-36-43(45)50-38-40(39-51-54(47,48)49)52-44(46)37-33-29-26-23-20-17-16-18-21-24-27-31-35-42-41(53-42)34-30-6-4-2/h6,17-18,20-21,26-27,29-31,40-42H,3-5,7-16,19,22-25,28,32-39H2,1-2H3,(H2,47,48,49)/b20-17-,21-18-,29-26-,30-6-,31-27-/t40-,41?,42?/m1/s1. The van der Waals surface area contributed by atoms with Gasteiger partial charge in [-0.1, -0.05) is 171 Å². The predicted molar refractivity (Wildman–Crippen MR) is 220 cm³/mol. The summed E-state index contributed by atoms with van der Waals surface area (Å²) in [6.45, 7) is 3.51. The minimum Gasteiger partial charge on any atom is -0.462 e. The molecule has 2 N–H and O–H groups in total. The van der Waals surface area contributed by atoms with E-state index in [1.54, 1.807) is 0 Å². The molecule has 0 aromatic rings. The molecule has 54 heavy (non-hydrogen) atoms. The molecule has 9 nitrogen and oxygen atoms in total. The summed E-state index contributed by atoms with van der Waals surface area (Å²) < 4.78 is 32.0. The van der Waals surface area contributed by atoms with Gasteiger partial charge >= 0.3 is 19.8 Å². The van der Waals surface area contributed by atoms with Crippen LogP contribution in [0.15, 0.2) is 60.8 Å². The smallest absolute Gasteiger partial charge is 0.462 e. The van der Waals surface area contributed by atoms with Crippen molar-refractivity contribution in [1.82, 2.24) is 0 Å². The number of allylic oxidation sites excluding steroid dienone is 8. The highest BCUT2D eigenvalue weighted by Crippen LogP contribution is 2.36. The Labute approximate surface area is 328 Å². The van der Waals surface area contributed by atoms with E-state index in [-0.39, 0.29) is 19.4 Å². The SMILES string of the molecule is CC/C=C\CC1OC1C/C=C\C/C=C\C/C=C\C/C=C\CCC(=O)O[C@H](COC(=O)CCCCCCCCCCCCCCCCCC)COP(=O)(O)O. The molecule has 1 heterocycles. The molecule has 1 aliphatic heterocycles. The van der Waals surface area contributed by atoms with Crippen molar-refractivity contribution in [2.75, 3.05) is 13.2 Å². The fraction of sp³-hybridized carbons (Fsp3) is 0.727. The van der Waals surface area contributed by atoms with Gasteiger partial charge in [-0.2, -0.15) is 0 Å². The van der Waals surface area contributed by atoms with Gasteiger partial charge in [0.05, 0.1) is 18.8 Å². The molecule has 0 amide bonds. The molecule has 1 aliphatic rings. The Kier molecular flexibility index (Phi) is 32.4. The van der Waals surface area contributed by atoms with Gasteiger partial charge in [0.15, 0.2) is 6.10 Å². The lowest BCUT2D eigenvalue weighted by molar-refractivity contribution is -0.161. The van der Waals surface area contributed by atoms with Gasteiger partial charge in [-0.3, -0.25) is 14.1 Å². The number of carbonyl (C=O) groups excluding carboxylic acids is 2. The fourth-order valence-corrected chi connectivity index (χ4v) is 6.33. The van der Waals surface area contributed by atoms with Crippen LogP contribution in [-0.4, -0.2) is 53.3 Å². The summed E-state index contributed by atoms with van der Waals surface area (Å²) in [6, 6.07) is 0. The van der Waals surface area contributed by atoms with Crippen LogP contribution in [0.4, 0.5) is 0 Å². The van der Waals surface area contributed by atoms with E-state index >= 15 is 0 Å². The molecule has 10 heteroatoms. The molecule has 0 saturated carbocycles. The molecule has 0 aromatic carbocycles. The zero-order chi connectivity index (χ0) is 39.4. The maximum atomic E-state index is 12.4. The fourth-order valence-electron chi connectivity index (χ4n) is 5.97. The lowest BCUT2D eigenvalue weighted by Crippen LogP contribution is -2.29. The first-order chi connectivity index (χ1) is 26.2. The molecule has 1 fully saturated rings. The normalized spacial score (nSPS) is 16.8. The van der Waals surface area contributed by atoms with E-state index in [1.165, 1.54) is 83.5 Å². The van der Waals surface area contributed by atoms with Crippen LogP contribution < -0.4 is 0 Å². The van der Waals surface area contributed by atoms with Crippen LogP contribution in [0, 0.1) is 0 Å². The molecule has 0 bridgehead atoms. The van der Waals surface area contributed by atoms with Crippen LogP contribution in [0.5, 0.6) is 0 Å². The Bertz CT molecular complexity index is 1120. The highest BCUT2D eigenvalue weighted by atomic mass is 31.2. The number of phosphoric ester groups is 1. The van der Waals surface area contributed by atoms with Crippen LogP contribution in [0.3, 0.4) is 0 Å². The zero-order valence-corrected chi connectivity index (χ0v) is 34.7. The van der Waals surface area contributed by atoms with Crippen molar-refractivity contribution in [2.45, 2.75) is 193 Å². The summed E-state index contributed by atoms with van der Waals surface area (Å²) in [5.74, 6) is -0.985. The first-order valence-corrected chi connectivity index (χ1v) is 22.7. The van der Waals surface area contributed by atoms with E-state index in [1.807, 2.05) is 12.2 Å². The summed E-state index contributed by atoms with van der Waals surface area (Å²) in [6.07, 6.45) is 47.1. The van der Waals surface area contributed by atoms with Crippen molar-refractivity contribution < 1.29 is 42.7 Å². The highest BCUT2D eigenvalue weighted by Gasteiger charge is 2.35. The van der Waals surface area contributed by atoms with Crippen molar-refractivity contribution in [1.29, 1.82) is 0 Å². The Balaban J connectivity index is 2.10. The second-order valence-electron chi connectivity index (χ2n) is 14.3. The van der Waals surface area contributed by atoms with E-state index in [2.05, 4.69) is 67.0 Å². The molecule has 0 aliphatic carbocycles. The molecule has 0 aromatic heterocycles. The van der Waals surface area contributed by atoms with Crippen molar-refractivity contribution in [3.63, 3.8) is 0 Å². The number of esters is 2. The van der Waals surface area contributed by atoms with Gasteiger partial charge in [-0.15, -0.1) is 0 Å². The van der Waals surface area contributed by atoms with Crippen LogP contribution in [0.1, 0.15) is 174 Å². The summed E-state index contributed by atoms with van der Waals surface area (Å²) in [7, 11) is -4.78. The first-order valence-electron chi connectivity index (χ1n) is 21.2. The minimum atomic E-state index is -4.78. The van der Waals surface area contributed by atoms with E-state index in [4.69, 9.17) is 24.0 Å². The van der Waals surface area contributed by atoms with Crippen LogP contribution in [0.25, 0.3) is 0 Å². The summed E-state index contributed by atoms with van der Waals surface area (Å²) in [5, 5.41) is 0. The van der Waals surface area contributed by atoms with Crippen molar-refractivity contribution >= 4 is 19.8 Å². The number of rotatable bonds is 37. The molecule has 0 radical (unpaired) electrons. The van der Waals surface area contributed by atoms with E-state index < -0.39 is 32.5 Å². The molecule has 1 rings (SSSR count). The van der Waals surface area contributed by atoms with Crippen molar-refractivity contribution in [3.8, 4) is 0 Å². The summed E-state index contributed by atoms with van der Waals surface area (Å²) in [5.41, 5.74) is 0. The average Bonchev–Trinajstić information content (AvgIpc) is 3.90. The van der Waals surface area contributed by atoms with Crippen molar-refractivity contribution in [3.05, 3.63) is 60.8 Å². The maximum Gasteiger partial charge on any atom is 0.469 e. The maximum absolute atomic E-state index is 12.4. The zero-order valence-electron chi connectivity index (χ0n) is 33.8. The van der Waals surface area contributed by atoms with Crippen LogP contribution in [-0.2, 0) is 32.9 Å². The lowest BCUT2D eigenvalue weighted by Gasteiger charge is -2.18.